The molecule has 0 unspecified atom stereocenters. The van der Waals surface area contributed by atoms with Crippen molar-refractivity contribution in [2.75, 3.05) is 0 Å². The molecule has 0 radical (unpaired) electrons. The van der Waals surface area contributed by atoms with E-state index in [1.807, 2.05) is 56.8 Å². The summed E-state index contributed by atoms with van der Waals surface area (Å²) in [5, 5.41) is 12.3. The molecule has 4 heterocycles. The summed E-state index contributed by atoms with van der Waals surface area (Å²) in [6, 6.07) is 8.16. The number of rotatable bonds is 4. The maximum atomic E-state index is 10.9. The third-order valence-corrected chi connectivity index (χ3v) is 6.86. The van der Waals surface area contributed by atoms with Gasteiger partial charge in [0.2, 0.25) is 0 Å². The van der Waals surface area contributed by atoms with E-state index in [1.165, 1.54) is 28.5 Å². The number of hydrogen-bond acceptors (Lipinski definition) is 4. The van der Waals surface area contributed by atoms with Crippen molar-refractivity contribution >= 4 is 23.2 Å². The fourth-order valence-corrected chi connectivity index (χ4v) is 5.02. The summed E-state index contributed by atoms with van der Waals surface area (Å²) in [5.41, 5.74) is 7.05. The third-order valence-electron chi connectivity index (χ3n) is 6.26. The van der Waals surface area contributed by atoms with Crippen LogP contribution in [0, 0.1) is 19.1 Å². The van der Waals surface area contributed by atoms with Gasteiger partial charge in [0.25, 0.3) is 0 Å². The van der Waals surface area contributed by atoms with Crippen LogP contribution in [0.5, 0.6) is 0 Å². The molecule has 238 valence electrons. The van der Waals surface area contributed by atoms with E-state index in [0.717, 1.165) is 20.9 Å². The molecule has 0 saturated carbocycles. The van der Waals surface area contributed by atoms with Crippen LogP contribution in [0.3, 0.4) is 0 Å². The Morgan fingerprint density at radius 1 is 0.581 bits per heavy atom. The van der Waals surface area contributed by atoms with Gasteiger partial charge in [0, 0.05) is 42.7 Å². The number of aryl methyl sites for hydroxylation is 2. The van der Waals surface area contributed by atoms with Crippen LogP contribution in [0.2, 0.25) is 10.0 Å². The van der Waals surface area contributed by atoms with E-state index >= 15 is 0 Å². The van der Waals surface area contributed by atoms with Crippen LogP contribution < -0.4 is 4.73 Å². The molecular formula is C36H54Cl2N4O. The zero-order valence-electron chi connectivity index (χ0n) is 26.2. The summed E-state index contributed by atoms with van der Waals surface area (Å²) in [6.45, 7) is 21.0. The van der Waals surface area contributed by atoms with E-state index in [1.54, 1.807) is 18.6 Å². The van der Waals surface area contributed by atoms with Crippen molar-refractivity contribution in [2.45, 2.75) is 108 Å². The summed E-state index contributed by atoms with van der Waals surface area (Å²) in [5.74, 6) is 2.05. The molecule has 4 rings (SSSR count). The standard InChI is InChI=1S/C9H12ClNO.C9H12ClN.2C8H11N.2CH4/c1-6(2)9-7(3)4-11(12)5-8(9)10;1-6(2)9-7(3)4-11-5-8(9)10;1-7(2)8-3-5-9-6-4-8;1-7(2)8-4-3-5-9-6-8;;/h4-6H,1-3H3;4-6H,1-3H3;2*3-7H,1-2H3;2*1H4. The number of halogens is 2. The first-order chi connectivity index (χ1) is 19.3. The highest BCUT2D eigenvalue weighted by Gasteiger charge is 2.12. The third kappa shape index (κ3) is 15.3. The average molecular weight is 630 g/mol. The summed E-state index contributed by atoms with van der Waals surface area (Å²) >= 11 is 11.9. The summed E-state index contributed by atoms with van der Waals surface area (Å²) in [4.78, 5) is 11.9. The van der Waals surface area contributed by atoms with Gasteiger partial charge in [-0.2, -0.15) is 4.73 Å². The van der Waals surface area contributed by atoms with E-state index in [2.05, 4.69) is 76.4 Å². The summed E-state index contributed by atoms with van der Waals surface area (Å²) < 4.78 is 0.740. The molecule has 0 aliphatic rings. The highest BCUT2D eigenvalue weighted by Crippen LogP contribution is 2.26. The molecule has 4 aromatic rings. The first-order valence-electron chi connectivity index (χ1n) is 14.0. The normalized spacial score (nSPS) is 9.95. The lowest BCUT2D eigenvalue weighted by molar-refractivity contribution is -0.605. The maximum Gasteiger partial charge on any atom is 0.199 e. The van der Waals surface area contributed by atoms with Crippen LogP contribution in [-0.2, 0) is 0 Å². The van der Waals surface area contributed by atoms with Gasteiger partial charge in [-0.3, -0.25) is 15.0 Å². The molecule has 0 fully saturated rings. The minimum absolute atomic E-state index is 0. The highest BCUT2D eigenvalue weighted by atomic mass is 35.5. The zero-order valence-corrected chi connectivity index (χ0v) is 27.7. The average Bonchev–Trinajstić information content (AvgIpc) is 2.90. The second-order valence-corrected chi connectivity index (χ2v) is 11.9. The van der Waals surface area contributed by atoms with Crippen LogP contribution >= 0.6 is 23.2 Å². The van der Waals surface area contributed by atoms with Gasteiger partial charge in [0.15, 0.2) is 12.4 Å². The quantitative estimate of drug-likeness (QED) is 0.166. The molecule has 43 heavy (non-hydrogen) atoms. The molecule has 0 N–H and O–H groups in total. The SMILES string of the molecule is C.C.CC(C)c1cccnc1.CC(C)c1ccncc1.Cc1c[n+]([O-])cc(Cl)c1C(C)C.Cc1cncc(Cl)c1C(C)C. The monoisotopic (exact) mass is 628 g/mol. The van der Waals surface area contributed by atoms with Crippen LogP contribution in [0.15, 0.2) is 73.8 Å². The van der Waals surface area contributed by atoms with Gasteiger partial charge < -0.3 is 5.21 Å². The number of nitrogens with zero attached hydrogens (tertiary/aromatic N) is 4. The van der Waals surface area contributed by atoms with Gasteiger partial charge in [-0.05, 0) is 83.5 Å². The zero-order chi connectivity index (χ0) is 31.1. The van der Waals surface area contributed by atoms with Gasteiger partial charge in [0.1, 0.15) is 5.02 Å². The fourth-order valence-electron chi connectivity index (χ4n) is 4.14. The van der Waals surface area contributed by atoms with Gasteiger partial charge >= 0.3 is 0 Å². The van der Waals surface area contributed by atoms with Crippen molar-refractivity contribution in [1.29, 1.82) is 0 Å². The van der Waals surface area contributed by atoms with E-state index in [4.69, 9.17) is 23.2 Å². The van der Waals surface area contributed by atoms with Crippen molar-refractivity contribution in [1.82, 2.24) is 15.0 Å². The predicted octanol–water partition coefficient (Wildman–Crippen LogP) is 11.3. The maximum absolute atomic E-state index is 10.9. The molecular weight excluding hydrogens is 575 g/mol. The summed E-state index contributed by atoms with van der Waals surface area (Å²) in [6.07, 6.45) is 13.8. The first-order valence-corrected chi connectivity index (χ1v) is 14.8. The Balaban J connectivity index is 0. The molecule has 0 saturated heterocycles. The van der Waals surface area contributed by atoms with Gasteiger partial charge in [-0.15, -0.1) is 0 Å². The van der Waals surface area contributed by atoms with E-state index < -0.39 is 0 Å². The molecule has 0 aliphatic heterocycles. The summed E-state index contributed by atoms with van der Waals surface area (Å²) in [7, 11) is 0. The van der Waals surface area contributed by atoms with Gasteiger partial charge in [-0.1, -0.05) is 99.5 Å². The van der Waals surface area contributed by atoms with E-state index in [0.29, 0.717) is 28.7 Å². The Hall–Kier alpha value is -3.02. The minimum atomic E-state index is 0. The largest absolute Gasteiger partial charge is 0.619 e. The van der Waals surface area contributed by atoms with Crippen LogP contribution in [0.4, 0.5) is 0 Å². The molecule has 0 atom stereocenters. The molecule has 0 aliphatic carbocycles. The van der Waals surface area contributed by atoms with Crippen molar-refractivity contribution in [3.05, 3.63) is 122 Å². The first kappa shape index (κ1) is 42.1. The minimum Gasteiger partial charge on any atom is -0.619 e. The van der Waals surface area contributed by atoms with Gasteiger partial charge in [-0.25, -0.2) is 0 Å². The number of pyridine rings is 4. The predicted molar refractivity (Wildman–Crippen MR) is 187 cm³/mol. The molecule has 4 aromatic heterocycles. The van der Waals surface area contributed by atoms with Crippen molar-refractivity contribution in [3.63, 3.8) is 0 Å². The topological polar surface area (TPSA) is 65.6 Å². The Kier molecular flexibility index (Phi) is 21.2. The Morgan fingerprint density at radius 3 is 1.47 bits per heavy atom. The Bertz CT molecular complexity index is 1210. The van der Waals surface area contributed by atoms with E-state index in [9.17, 15) is 5.21 Å². The molecule has 7 heteroatoms. The van der Waals surface area contributed by atoms with Gasteiger partial charge in [0.05, 0.1) is 5.02 Å². The number of hydrogen-bond donors (Lipinski definition) is 0. The lowest BCUT2D eigenvalue weighted by atomic mass is 10.0. The van der Waals surface area contributed by atoms with Crippen LogP contribution in [-0.4, -0.2) is 15.0 Å². The second kappa shape index (κ2) is 21.6. The van der Waals surface area contributed by atoms with Crippen LogP contribution in [0.1, 0.15) is 127 Å². The second-order valence-electron chi connectivity index (χ2n) is 11.1. The molecule has 0 amide bonds. The highest BCUT2D eigenvalue weighted by molar-refractivity contribution is 6.31. The van der Waals surface area contributed by atoms with E-state index in [-0.39, 0.29) is 14.9 Å². The fraction of sp³-hybridized carbons (Fsp3) is 0.444. The smallest absolute Gasteiger partial charge is 0.199 e. The molecule has 5 nitrogen and oxygen atoms in total. The van der Waals surface area contributed by atoms with Crippen molar-refractivity contribution in [2.24, 2.45) is 0 Å². The molecule has 0 bridgehead atoms. The number of aromatic nitrogens is 4. The Morgan fingerprint density at radius 2 is 1.12 bits per heavy atom. The molecule has 0 aromatic carbocycles. The lowest BCUT2D eigenvalue weighted by Gasteiger charge is -2.10. The van der Waals surface area contributed by atoms with Crippen molar-refractivity contribution in [3.8, 4) is 0 Å². The Labute approximate surface area is 272 Å². The molecule has 0 spiro atoms. The van der Waals surface area contributed by atoms with Crippen molar-refractivity contribution < 1.29 is 4.73 Å². The lowest BCUT2D eigenvalue weighted by Crippen LogP contribution is -2.26. The van der Waals surface area contributed by atoms with Crippen LogP contribution in [0.25, 0.3) is 0 Å².